The van der Waals surface area contributed by atoms with Crippen molar-refractivity contribution in [2.24, 2.45) is 0 Å². The first-order valence-corrected chi connectivity index (χ1v) is 7.13. The van der Waals surface area contributed by atoms with Crippen LogP contribution < -0.4 is 5.32 Å². The van der Waals surface area contributed by atoms with Gasteiger partial charge in [-0.3, -0.25) is 4.79 Å². The summed E-state index contributed by atoms with van der Waals surface area (Å²) in [6.45, 7) is 2.20. The van der Waals surface area contributed by atoms with E-state index in [1.165, 1.54) is 19.7 Å². The zero-order chi connectivity index (χ0) is 15.1. The van der Waals surface area contributed by atoms with Crippen LogP contribution in [0.25, 0.3) is 0 Å². The van der Waals surface area contributed by atoms with Gasteiger partial charge in [-0.1, -0.05) is 0 Å². The van der Waals surface area contributed by atoms with Gasteiger partial charge in [-0.05, 0) is 25.3 Å². The standard InChI is InChI=1S/C14H20N4O3/c1-21-14(20)13-16-7-5-11(17-13)15-8-6-12(19)18-9-3-2-4-10-18/h5,7H,2-4,6,8-10H2,1H3,(H,15,16,17). The van der Waals surface area contributed by atoms with Crippen LogP contribution in [0.2, 0.25) is 0 Å². The molecule has 21 heavy (non-hydrogen) atoms. The first kappa shape index (κ1) is 15.2. The number of nitrogens with one attached hydrogen (secondary N) is 1. The molecule has 0 aliphatic carbocycles. The minimum absolute atomic E-state index is 0.00450. The molecular formula is C14H20N4O3. The molecule has 0 saturated carbocycles. The highest BCUT2D eigenvalue weighted by Crippen LogP contribution is 2.10. The highest BCUT2D eigenvalue weighted by Gasteiger charge is 2.16. The van der Waals surface area contributed by atoms with Crippen LogP contribution in [0.15, 0.2) is 12.3 Å². The molecule has 1 aromatic rings. The van der Waals surface area contributed by atoms with E-state index in [-0.39, 0.29) is 11.7 Å². The number of ether oxygens (including phenoxy) is 1. The van der Waals surface area contributed by atoms with Crippen molar-refractivity contribution < 1.29 is 14.3 Å². The van der Waals surface area contributed by atoms with Crippen LogP contribution in [0.1, 0.15) is 36.3 Å². The van der Waals surface area contributed by atoms with E-state index in [0.29, 0.717) is 18.8 Å². The number of carbonyl (C=O) groups is 2. The Bertz CT molecular complexity index is 501. The maximum absolute atomic E-state index is 12.0. The number of anilines is 1. The van der Waals surface area contributed by atoms with Gasteiger partial charge in [-0.15, -0.1) is 0 Å². The molecule has 2 heterocycles. The lowest BCUT2D eigenvalue weighted by Gasteiger charge is -2.26. The van der Waals surface area contributed by atoms with Gasteiger partial charge in [0, 0.05) is 32.3 Å². The fourth-order valence-corrected chi connectivity index (χ4v) is 2.25. The SMILES string of the molecule is COC(=O)c1nccc(NCCC(=O)N2CCCCC2)n1. The van der Waals surface area contributed by atoms with Crippen LogP contribution in [-0.2, 0) is 9.53 Å². The molecule has 1 fully saturated rings. The third-order valence-electron chi connectivity index (χ3n) is 3.38. The molecule has 7 nitrogen and oxygen atoms in total. The number of hydrogen-bond donors (Lipinski definition) is 1. The molecule has 0 bridgehead atoms. The largest absolute Gasteiger partial charge is 0.463 e. The van der Waals surface area contributed by atoms with Crippen molar-refractivity contribution >= 4 is 17.7 Å². The number of aromatic nitrogens is 2. The molecule has 0 atom stereocenters. The second-order valence-electron chi connectivity index (χ2n) is 4.88. The van der Waals surface area contributed by atoms with Crippen molar-refractivity contribution in [3.8, 4) is 0 Å². The van der Waals surface area contributed by atoms with Crippen LogP contribution >= 0.6 is 0 Å². The summed E-state index contributed by atoms with van der Waals surface area (Å²) < 4.78 is 4.56. The van der Waals surface area contributed by atoms with Crippen LogP contribution in [0, 0.1) is 0 Å². The minimum atomic E-state index is -0.581. The minimum Gasteiger partial charge on any atom is -0.463 e. The highest BCUT2D eigenvalue weighted by atomic mass is 16.5. The maximum atomic E-state index is 12.0. The van der Waals surface area contributed by atoms with E-state index >= 15 is 0 Å². The summed E-state index contributed by atoms with van der Waals surface area (Å²) in [6, 6.07) is 1.65. The predicted molar refractivity (Wildman–Crippen MR) is 76.9 cm³/mol. The first-order chi connectivity index (χ1) is 10.2. The van der Waals surface area contributed by atoms with Crippen molar-refractivity contribution in [2.75, 3.05) is 32.1 Å². The average Bonchev–Trinajstić information content (AvgIpc) is 2.55. The van der Waals surface area contributed by atoms with E-state index < -0.39 is 5.97 Å². The summed E-state index contributed by atoms with van der Waals surface area (Å²) >= 11 is 0. The molecule has 114 valence electrons. The third kappa shape index (κ3) is 4.40. The van der Waals surface area contributed by atoms with Gasteiger partial charge in [0.2, 0.25) is 11.7 Å². The van der Waals surface area contributed by atoms with Crippen molar-refractivity contribution in [1.29, 1.82) is 0 Å². The molecular weight excluding hydrogens is 272 g/mol. The van der Waals surface area contributed by atoms with E-state index in [9.17, 15) is 9.59 Å². The Morgan fingerprint density at radius 3 is 2.81 bits per heavy atom. The molecule has 1 aliphatic rings. The Balaban J connectivity index is 1.80. The van der Waals surface area contributed by atoms with E-state index in [2.05, 4.69) is 20.0 Å². The van der Waals surface area contributed by atoms with Gasteiger partial charge in [0.15, 0.2) is 0 Å². The summed E-state index contributed by atoms with van der Waals surface area (Å²) in [5.41, 5.74) is 0. The lowest BCUT2D eigenvalue weighted by Crippen LogP contribution is -2.36. The highest BCUT2D eigenvalue weighted by molar-refractivity contribution is 5.85. The fourth-order valence-electron chi connectivity index (χ4n) is 2.25. The number of amides is 1. The van der Waals surface area contributed by atoms with Gasteiger partial charge in [-0.2, -0.15) is 0 Å². The number of nitrogens with zero attached hydrogens (tertiary/aromatic N) is 3. The predicted octanol–water partition coefficient (Wildman–Crippen LogP) is 1.08. The zero-order valence-electron chi connectivity index (χ0n) is 12.2. The van der Waals surface area contributed by atoms with Crippen LogP contribution in [0.4, 0.5) is 5.82 Å². The summed E-state index contributed by atoms with van der Waals surface area (Å²) in [4.78, 5) is 33.1. The molecule has 0 spiro atoms. The Morgan fingerprint density at radius 2 is 2.10 bits per heavy atom. The van der Waals surface area contributed by atoms with E-state index in [1.54, 1.807) is 6.07 Å². The van der Waals surface area contributed by atoms with Gasteiger partial charge in [-0.25, -0.2) is 14.8 Å². The Morgan fingerprint density at radius 1 is 1.33 bits per heavy atom. The molecule has 1 N–H and O–H groups in total. The lowest BCUT2D eigenvalue weighted by molar-refractivity contribution is -0.131. The second-order valence-corrected chi connectivity index (χ2v) is 4.88. The Kier molecular flexibility index (Phi) is 5.48. The smallest absolute Gasteiger partial charge is 0.376 e. The Labute approximate surface area is 123 Å². The molecule has 1 aliphatic heterocycles. The van der Waals surface area contributed by atoms with E-state index in [1.807, 2.05) is 4.90 Å². The van der Waals surface area contributed by atoms with Crippen molar-refractivity contribution in [2.45, 2.75) is 25.7 Å². The average molecular weight is 292 g/mol. The molecule has 0 radical (unpaired) electrons. The monoisotopic (exact) mass is 292 g/mol. The van der Waals surface area contributed by atoms with Gasteiger partial charge < -0.3 is 15.0 Å². The third-order valence-corrected chi connectivity index (χ3v) is 3.38. The number of likely N-dealkylation sites (tertiary alicyclic amines) is 1. The first-order valence-electron chi connectivity index (χ1n) is 7.13. The van der Waals surface area contributed by atoms with Crippen LogP contribution in [0.3, 0.4) is 0 Å². The molecule has 2 rings (SSSR count). The number of piperidine rings is 1. The van der Waals surface area contributed by atoms with Gasteiger partial charge >= 0.3 is 5.97 Å². The normalized spacial score (nSPS) is 14.6. The van der Waals surface area contributed by atoms with Gasteiger partial charge in [0.1, 0.15) is 5.82 Å². The molecule has 0 unspecified atom stereocenters. The summed E-state index contributed by atoms with van der Waals surface area (Å²) in [5, 5.41) is 3.03. The maximum Gasteiger partial charge on any atom is 0.376 e. The number of hydrogen-bond acceptors (Lipinski definition) is 6. The topological polar surface area (TPSA) is 84.4 Å². The number of carbonyl (C=O) groups excluding carboxylic acids is 2. The Hall–Kier alpha value is -2.18. The van der Waals surface area contributed by atoms with Crippen molar-refractivity contribution in [3.05, 3.63) is 18.1 Å². The van der Waals surface area contributed by atoms with Crippen LogP contribution in [0.5, 0.6) is 0 Å². The van der Waals surface area contributed by atoms with Crippen molar-refractivity contribution in [1.82, 2.24) is 14.9 Å². The molecule has 7 heteroatoms. The molecule has 1 amide bonds. The molecule has 1 aromatic heterocycles. The number of esters is 1. The molecule has 0 aromatic carbocycles. The molecule has 1 saturated heterocycles. The van der Waals surface area contributed by atoms with Gasteiger partial charge in [0.25, 0.3) is 0 Å². The van der Waals surface area contributed by atoms with Gasteiger partial charge in [0.05, 0.1) is 7.11 Å². The van der Waals surface area contributed by atoms with E-state index in [0.717, 1.165) is 25.9 Å². The summed E-state index contributed by atoms with van der Waals surface area (Å²) in [5.74, 6) is 0.0918. The second kappa shape index (κ2) is 7.56. The lowest BCUT2D eigenvalue weighted by atomic mass is 10.1. The van der Waals surface area contributed by atoms with Crippen LogP contribution in [-0.4, -0.2) is 53.5 Å². The zero-order valence-corrected chi connectivity index (χ0v) is 12.2. The van der Waals surface area contributed by atoms with Crippen molar-refractivity contribution in [3.63, 3.8) is 0 Å². The fraction of sp³-hybridized carbons (Fsp3) is 0.571. The van der Waals surface area contributed by atoms with E-state index in [4.69, 9.17) is 0 Å². The summed E-state index contributed by atoms with van der Waals surface area (Å²) in [6.07, 6.45) is 5.28. The summed E-state index contributed by atoms with van der Waals surface area (Å²) in [7, 11) is 1.28. The number of methoxy groups -OCH3 is 1. The number of rotatable bonds is 5. The quantitative estimate of drug-likeness (QED) is 0.817.